The van der Waals surface area contributed by atoms with Gasteiger partial charge in [-0.15, -0.1) is 0 Å². The van der Waals surface area contributed by atoms with Crippen molar-refractivity contribution in [2.24, 2.45) is 5.41 Å². The Balaban J connectivity index is 2.69. The highest BCUT2D eigenvalue weighted by atomic mass is 19.1. The summed E-state index contributed by atoms with van der Waals surface area (Å²) in [6, 6.07) is 6.36. The summed E-state index contributed by atoms with van der Waals surface area (Å²) >= 11 is 0. The van der Waals surface area contributed by atoms with Crippen LogP contribution in [0.25, 0.3) is 0 Å². The number of aliphatic hydroxyl groups is 1. The van der Waals surface area contributed by atoms with Crippen LogP contribution in [0.5, 0.6) is 0 Å². The molecule has 1 aromatic carbocycles. The fraction of sp³-hybridized carbons (Fsp3) is 0.500. The summed E-state index contributed by atoms with van der Waals surface area (Å²) in [7, 11) is 1.94. The van der Waals surface area contributed by atoms with E-state index in [0.29, 0.717) is 0 Å². The van der Waals surface area contributed by atoms with Crippen LogP contribution in [0.15, 0.2) is 24.3 Å². The molecule has 0 bridgehead atoms. The topological polar surface area (TPSA) is 23.5 Å². The first-order valence-electron chi connectivity index (χ1n) is 5.02. The number of hydrogen-bond acceptors (Lipinski definition) is 2. The number of rotatable bonds is 4. The van der Waals surface area contributed by atoms with Gasteiger partial charge < -0.3 is 10.0 Å². The number of benzene rings is 1. The second-order valence-corrected chi connectivity index (χ2v) is 4.65. The van der Waals surface area contributed by atoms with Crippen molar-refractivity contribution < 1.29 is 9.50 Å². The zero-order valence-electron chi connectivity index (χ0n) is 9.50. The van der Waals surface area contributed by atoms with Gasteiger partial charge >= 0.3 is 0 Å². The van der Waals surface area contributed by atoms with Crippen molar-refractivity contribution in [2.45, 2.75) is 13.8 Å². The molecule has 0 unspecified atom stereocenters. The Kier molecular flexibility index (Phi) is 3.69. The second kappa shape index (κ2) is 4.62. The zero-order chi connectivity index (χ0) is 11.5. The standard InChI is InChI=1S/C12H18FNO/c1-12(2,9-15)8-14(3)11-6-4-10(13)5-7-11/h4-7,15H,8-9H2,1-3H3. The van der Waals surface area contributed by atoms with Crippen molar-refractivity contribution in [3.8, 4) is 0 Å². The predicted molar refractivity (Wildman–Crippen MR) is 60.5 cm³/mol. The lowest BCUT2D eigenvalue weighted by atomic mass is 9.94. The van der Waals surface area contributed by atoms with Crippen molar-refractivity contribution >= 4 is 5.69 Å². The number of nitrogens with zero attached hydrogens (tertiary/aromatic N) is 1. The highest BCUT2D eigenvalue weighted by molar-refractivity contribution is 5.45. The Morgan fingerprint density at radius 1 is 1.27 bits per heavy atom. The van der Waals surface area contributed by atoms with E-state index in [4.69, 9.17) is 5.11 Å². The molecule has 0 fully saturated rings. The molecule has 0 atom stereocenters. The average molecular weight is 211 g/mol. The fourth-order valence-electron chi connectivity index (χ4n) is 1.48. The molecular weight excluding hydrogens is 193 g/mol. The van der Waals surface area contributed by atoms with Gasteiger partial charge in [-0.2, -0.15) is 0 Å². The number of anilines is 1. The Morgan fingerprint density at radius 3 is 2.27 bits per heavy atom. The van der Waals surface area contributed by atoms with Gasteiger partial charge in [0.2, 0.25) is 0 Å². The third-order valence-electron chi connectivity index (χ3n) is 2.36. The fourth-order valence-corrected chi connectivity index (χ4v) is 1.48. The number of hydrogen-bond donors (Lipinski definition) is 1. The Labute approximate surface area is 90.3 Å². The molecule has 3 heteroatoms. The quantitative estimate of drug-likeness (QED) is 0.826. The molecule has 1 rings (SSSR count). The zero-order valence-corrected chi connectivity index (χ0v) is 9.50. The van der Waals surface area contributed by atoms with Gasteiger partial charge in [0.15, 0.2) is 0 Å². The number of halogens is 1. The minimum Gasteiger partial charge on any atom is -0.396 e. The van der Waals surface area contributed by atoms with E-state index in [0.717, 1.165) is 12.2 Å². The molecular formula is C12H18FNO. The van der Waals surface area contributed by atoms with Crippen molar-refractivity contribution in [3.63, 3.8) is 0 Å². The van der Waals surface area contributed by atoms with Crippen molar-refractivity contribution in [2.75, 3.05) is 25.1 Å². The van der Waals surface area contributed by atoms with Crippen molar-refractivity contribution in [1.82, 2.24) is 0 Å². The summed E-state index contributed by atoms with van der Waals surface area (Å²) in [5, 5.41) is 9.15. The molecule has 0 aliphatic heterocycles. The van der Waals surface area contributed by atoms with E-state index >= 15 is 0 Å². The van der Waals surface area contributed by atoms with Crippen LogP contribution in [-0.4, -0.2) is 25.3 Å². The van der Waals surface area contributed by atoms with Crippen LogP contribution < -0.4 is 4.90 Å². The Morgan fingerprint density at radius 2 is 1.80 bits per heavy atom. The van der Waals surface area contributed by atoms with Crippen molar-refractivity contribution in [1.29, 1.82) is 0 Å². The van der Waals surface area contributed by atoms with Gasteiger partial charge in [0, 0.05) is 31.3 Å². The van der Waals surface area contributed by atoms with E-state index in [-0.39, 0.29) is 17.8 Å². The molecule has 0 radical (unpaired) electrons. The van der Waals surface area contributed by atoms with Gasteiger partial charge in [0.25, 0.3) is 0 Å². The second-order valence-electron chi connectivity index (χ2n) is 4.65. The first-order chi connectivity index (χ1) is 6.94. The molecule has 84 valence electrons. The van der Waals surface area contributed by atoms with E-state index < -0.39 is 0 Å². The van der Waals surface area contributed by atoms with Gasteiger partial charge in [0.05, 0.1) is 0 Å². The van der Waals surface area contributed by atoms with Crippen LogP contribution in [0.4, 0.5) is 10.1 Å². The molecule has 0 spiro atoms. The van der Waals surface area contributed by atoms with E-state index in [1.807, 2.05) is 25.8 Å². The molecule has 0 aliphatic rings. The summed E-state index contributed by atoms with van der Waals surface area (Å²) in [6.45, 7) is 4.85. The third kappa shape index (κ3) is 3.51. The normalized spacial score (nSPS) is 11.5. The summed E-state index contributed by atoms with van der Waals surface area (Å²) < 4.78 is 12.7. The molecule has 0 aromatic heterocycles. The van der Waals surface area contributed by atoms with Crippen LogP contribution in [0.1, 0.15) is 13.8 Å². The van der Waals surface area contributed by atoms with E-state index in [9.17, 15) is 4.39 Å². The van der Waals surface area contributed by atoms with Crippen LogP contribution in [0, 0.1) is 11.2 Å². The third-order valence-corrected chi connectivity index (χ3v) is 2.36. The molecule has 0 amide bonds. The Hall–Kier alpha value is -1.09. The monoisotopic (exact) mass is 211 g/mol. The number of aliphatic hydroxyl groups excluding tert-OH is 1. The summed E-state index contributed by atoms with van der Waals surface area (Å²) in [6.07, 6.45) is 0. The molecule has 0 saturated carbocycles. The minimum absolute atomic E-state index is 0.137. The molecule has 0 saturated heterocycles. The molecule has 1 aromatic rings. The van der Waals surface area contributed by atoms with E-state index in [2.05, 4.69) is 0 Å². The van der Waals surface area contributed by atoms with Gasteiger partial charge in [-0.05, 0) is 24.3 Å². The van der Waals surface area contributed by atoms with Crippen LogP contribution in [-0.2, 0) is 0 Å². The van der Waals surface area contributed by atoms with Gasteiger partial charge in [-0.1, -0.05) is 13.8 Å². The molecule has 0 aliphatic carbocycles. The summed E-state index contributed by atoms with van der Waals surface area (Å²) in [4.78, 5) is 2.01. The van der Waals surface area contributed by atoms with Crippen LogP contribution in [0.3, 0.4) is 0 Å². The average Bonchev–Trinajstić information content (AvgIpc) is 2.18. The lowest BCUT2D eigenvalue weighted by molar-refractivity contribution is 0.165. The molecule has 0 heterocycles. The first-order valence-corrected chi connectivity index (χ1v) is 5.02. The highest BCUT2D eigenvalue weighted by Gasteiger charge is 2.19. The van der Waals surface area contributed by atoms with Crippen LogP contribution in [0.2, 0.25) is 0 Å². The molecule has 15 heavy (non-hydrogen) atoms. The lowest BCUT2D eigenvalue weighted by Gasteiger charge is -2.29. The molecule has 2 nitrogen and oxygen atoms in total. The van der Waals surface area contributed by atoms with Gasteiger partial charge in [0.1, 0.15) is 5.82 Å². The smallest absolute Gasteiger partial charge is 0.123 e. The highest BCUT2D eigenvalue weighted by Crippen LogP contribution is 2.20. The molecule has 1 N–H and O–H groups in total. The minimum atomic E-state index is -0.228. The van der Waals surface area contributed by atoms with Gasteiger partial charge in [-0.3, -0.25) is 0 Å². The van der Waals surface area contributed by atoms with Gasteiger partial charge in [-0.25, -0.2) is 4.39 Å². The maximum Gasteiger partial charge on any atom is 0.123 e. The Bertz CT molecular complexity index is 308. The largest absolute Gasteiger partial charge is 0.396 e. The predicted octanol–water partition coefficient (Wildman–Crippen LogP) is 2.28. The maximum absolute atomic E-state index is 12.7. The first kappa shape index (κ1) is 12.0. The maximum atomic E-state index is 12.7. The van der Waals surface area contributed by atoms with E-state index in [1.165, 1.54) is 12.1 Å². The summed E-state index contributed by atoms with van der Waals surface area (Å²) in [5.74, 6) is -0.228. The van der Waals surface area contributed by atoms with Crippen molar-refractivity contribution in [3.05, 3.63) is 30.1 Å². The van der Waals surface area contributed by atoms with E-state index in [1.54, 1.807) is 12.1 Å². The lowest BCUT2D eigenvalue weighted by Crippen LogP contribution is -2.33. The van der Waals surface area contributed by atoms with Crippen LogP contribution >= 0.6 is 0 Å². The SMILES string of the molecule is CN(CC(C)(C)CO)c1ccc(F)cc1. The summed E-state index contributed by atoms with van der Waals surface area (Å²) in [5.41, 5.74) is 0.807.